The van der Waals surface area contributed by atoms with Gasteiger partial charge in [-0.05, 0) is 5.92 Å². The summed E-state index contributed by atoms with van der Waals surface area (Å²) in [4.78, 5) is 8.65. The van der Waals surface area contributed by atoms with Crippen molar-refractivity contribution < 1.29 is 4.74 Å². The van der Waals surface area contributed by atoms with Gasteiger partial charge < -0.3 is 10.1 Å². The van der Waals surface area contributed by atoms with Crippen LogP contribution in [-0.4, -0.2) is 27.2 Å². The van der Waals surface area contributed by atoms with Crippen molar-refractivity contribution in [3.05, 3.63) is 17.6 Å². The van der Waals surface area contributed by atoms with Crippen LogP contribution >= 0.6 is 0 Å². The molecule has 3 heterocycles. The Morgan fingerprint density at radius 2 is 2.28 bits per heavy atom. The van der Waals surface area contributed by atoms with Crippen LogP contribution in [0, 0.1) is 0 Å². The summed E-state index contributed by atoms with van der Waals surface area (Å²) in [6.07, 6.45) is 1.70. The van der Waals surface area contributed by atoms with Crippen molar-refractivity contribution in [2.24, 2.45) is 0 Å². The van der Waals surface area contributed by atoms with Crippen LogP contribution in [0.3, 0.4) is 0 Å². The van der Waals surface area contributed by atoms with Gasteiger partial charge in [0.25, 0.3) is 0 Å². The first kappa shape index (κ1) is 11.0. The summed E-state index contributed by atoms with van der Waals surface area (Å²) in [7, 11) is 1.80. The highest BCUT2D eigenvalue weighted by Crippen LogP contribution is 2.39. The SMILES string of the molecule is CNc1ncc2c(n1)-c1c(C(C)C)n[nH]c1CO2. The minimum Gasteiger partial charge on any atom is -0.483 e. The highest BCUT2D eigenvalue weighted by molar-refractivity contribution is 5.73. The van der Waals surface area contributed by atoms with Gasteiger partial charge in [0.2, 0.25) is 5.95 Å². The molecule has 0 saturated carbocycles. The molecule has 2 aromatic heterocycles. The Balaban J connectivity index is 2.22. The molecule has 0 spiro atoms. The lowest BCUT2D eigenvalue weighted by atomic mass is 10.00. The molecule has 6 nitrogen and oxygen atoms in total. The third-order valence-corrected chi connectivity index (χ3v) is 3.00. The van der Waals surface area contributed by atoms with E-state index in [0.29, 0.717) is 24.2 Å². The minimum atomic E-state index is 0.337. The molecule has 0 bridgehead atoms. The number of ether oxygens (including phenoxy) is 1. The van der Waals surface area contributed by atoms with Crippen LogP contribution < -0.4 is 10.1 Å². The van der Waals surface area contributed by atoms with E-state index in [4.69, 9.17) is 4.74 Å². The van der Waals surface area contributed by atoms with Gasteiger partial charge in [0.1, 0.15) is 12.3 Å². The van der Waals surface area contributed by atoms with Gasteiger partial charge in [-0.15, -0.1) is 0 Å². The number of aromatic amines is 1. The van der Waals surface area contributed by atoms with Crippen LogP contribution in [0.2, 0.25) is 0 Å². The fourth-order valence-corrected chi connectivity index (χ4v) is 2.11. The van der Waals surface area contributed by atoms with Gasteiger partial charge in [-0.2, -0.15) is 5.10 Å². The summed E-state index contributed by atoms with van der Waals surface area (Å²) in [5.41, 5.74) is 3.88. The molecule has 3 rings (SSSR count). The summed E-state index contributed by atoms with van der Waals surface area (Å²) >= 11 is 0. The Bertz CT molecular complexity index is 590. The van der Waals surface area contributed by atoms with Crippen LogP contribution in [0.4, 0.5) is 5.95 Å². The minimum absolute atomic E-state index is 0.337. The maximum absolute atomic E-state index is 5.62. The molecule has 0 saturated heterocycles. The highest BCUT2D eigenvalue weighted by atomic mass is 16.5. The molecular weight excluding hydrogens is 230 g/mol. The van der Waals surface area contributed by atoms with E-state index in [1.165, 1.54) is 0 Å². The third kappa shape index (κ3) is 1.53. The molecule has 1 aliphatic rings. The average Bonchev–Trinajstić information content (AvgIpc) is 2.82. The van der Waals surface area contributed by atoms with Gasteiger partial charge in [-0.3, -0.25) is 5.10 Å². The van der Waals surface area contributed by atoms with Gasteiger partial charge in [0.15, 0.2) is 5.75 Å². The first-order chi connectivity index (χ1) is 8.70. The number of anilines is 1. The summed E-state index contributed by atoms with van der Waals surface area (Å²) < 4.78 is 5.62. The van der Waals surface area contributed by atoms with Crippen LogP contribution in [-0.2, 0) is 6.61 Å². The van der Waals surface area contributed by atoms with Gasteiger partial charge in [0, 0.05) is 7.05 Å². The van der Waals surface area contributed by atoms with Crippen LogP contribution in [0.15, 0.2) is 6.20 Å². The monoisotopic (exact) mass is 245 g/mol. The molecular formula is C12H15N5O. The lowest BCUT2D eigenvalue weighted by molar-refractivity contribution is 0.294. The molecule has 6 heteroatoms. The molecule has 18 heavy (non-hydrogen) atoms. The Hall–Kier alpha value is -2.11. The maximum Gasteiger partial charge on any atom is 0.223 e. The number of rotatable bonds is 2. The molecule has 94 valence electrons. The van der Waals surface area contributed by atoms with Crippen molar-refractivity contribution in [3.8, 4) is 17.0 Å². The number of nitrogens with zero attached hydrogens (tertiary/aromatic N) is 3. The van der Waals surface area contributed by atoms with Crippen molar-refractivity contribution >= 4 is 5.95 Å². The Labute approximate surface area is 105 Å². The molecule has 1 aliphatic heterocycles. The van der Waals surface area contributed by atoms with Crippen molar-refractivity contribution in [2.75, 3.05) is 12.4 Å². The number of hydrogen-bond acceptors (Lipinski definition) is 5. The molecule has 2 N–H and O–H groups in total. The number of hydrogen-bond donors (Lipinski definition) is 2. The molecule has 0 amide bonds. The molecule has 2 aromatic rings. The molecule has 0 atom stereocenters. The average molecular weight is 245 g/mol. The van der Waals surface area contributed by atoms with Crippen molar-refractivity contribution in [2.45, 2.75) is 26.4 Å². The second-order valence-corrected chi connectivity index (χ2v) is 4.56. The molecule has 0 aromatic carbocycles. The lowest BCUT2D eigenvalue weighted by Crippen LogP contribution is -2.09. The summed E-state index contributed by atoms with van der Waals surface area (Å²) in [5.74, 6) is 1.63. The zero-order chi connectivity index (χ0) is 12.7. The second-order valence-electron chi connectivity index (χ2n) is 4.56. The van der Waals surface area contributed by atoms with Gasteiger partial charge >= 0.3 is 0 Å². The van der Waals surface area contributed by atoms with E-state index in [9.17, 15) is 0 Å². The van der Waals surface area contributed by atoms with E-state index >= 15 is 0 Å². The Morgan fingerprint density at radius 3 is 3.00 bits per heavy atom. The van der Waals surface area contributed by atoms with E-state index in [0.717, 1.165) is 22.6 Å². The maximum atomic E-state index is 5.62. The standard InChI is InChI=1S/C12H15N5O/c1-6(2)10-9-7(16-17-10)5-18-8-4-14-12(13-3)15-11(8)9/h4,6H,5H2,1-3H3,(H,16,17)(H,13,14,15). The first-order valence-corrected chi connectivity index (χ1v) is 5.95. The predicted octanol–water partition coefficient (Wildman–Crippen LogP) is 1.92. The fourth-order valence-electron chi connectivity index (χ4n) is 2.11. The lowest BCUT2D eigenvalue weighted by Gasteiger charge is -2.18. The second kappa shape index (κ2) is 3.97. The summed E-state index contributed by atoms with van der Waals surface area (Å²) in [5, 5.41) is 10.3. The summed E-state index contributed by atoms with van der Waals surface area (Å²) in [6, 6.07) is 0. The van der Waals surface area contributed by atoms with Crippen molar-refractivity contribution in [1.29, 1.82) is 0 Å². The normalized spacial score (nSPS) is 12.9. The van der Waals surface area contributed by atoms with Crippen LogP contribution in [0.25, 0.3) is 11.3 Å². The fraction of sp³-hybridized carbons (Fsp3) is 0.417. The van der Waals surface area contributed by atoms with Gasteiger partial charge in [-0.1, -0.05) is 13.8 Å². The molecule has 0 fully saturated rings. The number of H-pyrrole nitrogens is 1. The predicted molar refractivity (Wildman–Crippen MR) is 67.6 cm³/mol. The molecule has 0 radical (unpaired) electrons. The highest BCUT2D eigenvalue weighted by Gasteiger charge is 2.26. The number of nitrogens with one attached hydrogen (secondary N) is 2. The van der Waals surface area contributed by atoms with Crippen molar-refractivity contribution in [3.63, 3.8) is 0 Å². The van der Waals surface area contributed by atoms with E-state index in [2.05, 4.69) is 39.3 Å². The van der Waals surface area contributed by atoms with Gasteiger partial charge in [-0.25, -0.2) is 9.97 Å². The number of aromatic nitrogens is 4. The van der Waals surface area contributed by atoms with E-state index < -0.39 is 0 Å². The zero-order valence-corrected chi connectivity index (χ0v) is 10.6. The largest absolute Gasteiger partial charge is 0.483 e. The topological polar surface area (TPSA) is 75.7 Å². The van der Waals surface area contributed by atoms with Crippen molar-refractivity contribution in [1.82, 2.24) is 20.2 Å². The first-order valence-electron chi connectivity index (χ1n) is 5.95. The van der Waals surface area contributed by atoms with Gasteiger partial charge in [0.05, 0.1) is 23.1 Å². The Kier molecular flexibility index (Phi) is 2.43. The van der Waals surface area contributed by atoms with E-state index in [1.807, 2.05) is 0 Å². The quantitative estimate of drug-likeness (QED) is 0.845. The summed E-state index contributed by atoms with van der Waals surface area (Å²) in [6.45, 7) is 4.72. The van der Waals surface area contributed by atoms with Crippen LogP contribution in [0.1, 0.15) is 31.2 Å². The molecule has 0 unspecified atom stereocenters. The molecule has 0 aliphatic carbocycles. The Morgan fingerprint density at radius 1 is 1.44 bits per heavy atom. The third-order valence-electron chi connectivity index (χ3n) is 3.00. The smallest absolute Gasteiger partial charge is 0.223 e. The van der Waals surface area contributed by atoms with E-state index in [-0.39, 0.29) is 0 Å². The van der Waals surface area contributed by atoms with E-state index in [1.54, 1.807) is 13.2 Å². The van der Waals surface area contributed by atoms with Crippen LogP contribution in [0.5, 0.6) is 5.75 Å². The number of fused-ring (bicyclic) bond motifs is 3. The zero-order valence-electron chi connectivity index (χ0n) is 10.6.